The lowest BCUT2D eigenvalue weighted by Gasteiger charge is -2.13. The van der Waals surface area contributed by atoms with Crippen molar-refractivity contribution in [2.75, 3.05) is 11.9 Å². The summed E-state index contributed by atoms with van der Waals surface area (Å²) in [6.45, 7) is 0.804. The first kappa shape index (κ1) is 12.1. The van der Waals surface area contributed by atoms with Crippen LogP contribution in [0, 0.1) is 0 Å². The Morgan fingerprint density at radius 2 is 1.68 bits per heavy atom. The van der Waals surface area contributed by atoms with E-state index in [-0.39, 0.29) is 6.29 Å². The van der Waals surface area contributed by atoms with Crippen LogP contribution in [-0.2, 0) is 4.74 Å². The summed E-state index contributed by atoms with van der Waals surface area (Å²) in [5, 5.41) is 3.34. The van der Waals surface area contributed by atoms with Gasteiger partial charge in [-0.3, -0.25) is 0 Å². The molecule has 1 aliphatic heterocycles. The topological polar surface area (TPSA) is 30.5 Å². The summed E-state index contributed by atoms with van der Waals surface area (Å²) >= 11 is 0. The molecule has 0 bridgehead atoms. The Labute approximate surface area is 113 Å². The van der Waals surface area contributed by atoms with Crippen molar-refractivity contribution in [3.63, 3.8) is 0 Å². The molecule has 0 aliphatic carbocycles. The summed E-state index contributed by atoms with van der Waals surface area (Å²) in [5.41, 5.74) is 2.13. The first-order valence-corrected chi connectivity index (χ1v) is 6.60. The number of hydrogen-bond donors (Lipinski definition) is 1. The maximum absolute atomic E-state index is 5.73. The summed E-state index contributed by atoms with van der Waals surface area (Å²) in [6.07, 6.45) is 1.98. The van der Waals surface area contributed by atoms with Gasteiger partial charge < -0.3 is 14.8 Å². The Morgan fingerprint density at radius 1 is 0.947 bits per heavy atom. The lowest BCUT2D eigenvalue weighted by molar-refractivity contribution is -0.0390. The zero-order valence-corrected chi connectivity index (χ0v) is 10.7. The maximum atomic E-state index is 5.73. The van der Waals surface area contributed by atoms with Crippen molar-refractivity contribution in [2.45, 2.75) is 19.1 Å². The van der Waals surface area contributed by atoms with Gasteiger partial charge in [-0.2, -0.15) is 0 Å². The second-order valence-corrected chi connectivity index (χ2v) is 4.58. The lowest BCUT2D eigenvalue weighted by Crippen LogP contribution is -2.13. The molecule has 3 heteroatoms. The predicted molar refractivity (Wildman–Crippen MR) is 75.8 cm³/mol. The second kappa shape index (κ2) is 5.76. The summed E-state index contributed by atoms with van der Waals surface area (Å²) in [7, 11) is 0. The Bertz CT molecular complexity index is 504. The highest BCUT2D eigenvalue weighted by Crippen LogP contribution is 2.22. The first-order chi connectivity index (χ1) is 9.40. The fourth-order valence-corrected chi connectivity index (χ4v) is 2.10. The van der Waals surface area contributed by atoms with Crippen LogP contribution in [0.2, 0.25) is 0 Å². The van der Waals surface area contributed by atoms with Gasteiger partial charge in [0.15, 0.2) is 6.29 Å². The van der Waals surface area contributed by atoms with Crippen molar-refractivity contribution >= 4 is 11.4 Å². The zero-order chi connectivity index (χ0) is 12.9. The van der Waals surface area contributed by atoms with Crippen LogP contribution in [0.4, 0.5) is 11.4 Å². The SMILES string of the molecule is c1ccc(Nc2ccc(O[C@@H]3CCCO3)cc2)cc1. The van der Waals surface area contributed by atoms with Crippen molar-refractivity contribution in [1.29, 1.82) is 0 Å². The third kappa shape index (κ3) is 3.26. The molecule has 0 spiro atoms. The average Bonchev–Trinajstić information content (AvgIpc) is 2.95. The molecule has 1 aliphatic rings. The number of benzene rings is 2. The normalized spacial score (nSPS) is 18.2. The molecule has 0 amide bonds. The van der Waals surface area contributed by atoms with Crippen LogP contribution in [0.3, 0.4) is 0 Å². The van der Waals surface area contributed by atoms with Crippen LogP contribution in [0.15, 0.2) is 54.6 Å². The van der Waals surface area contributed by atoms with E-state index in [2.05, 4.69) is 5.32 Å². The van der Waals surface area contributed by atoms with Gasteiger partial charge in [0.25, 0.3) is 0 Å². The second-order valence-electron chi connectivity index (χ2n) is 4.58. The number of ether oxygens (including phenoxy) is 2. The van der Waals surface area contributed by atoms with E-state index in [1.54, 1.807) is 0 Å². The molecular weight excluding hydrogens is 238 g/mol. The molecule has 1 atom stereocenters. The van der Waals surface area contributed by atoms with Crippen LogP contribution < -0.4 is 10.1 Å². The molecule has 0 unspecified atom stereocenters. The largest absolute Gasteiger partial charge is 0.465 e. The molecule has 1 N–H and O–H groups in total. The monoisotopic (exact) mass is 255 g/mol. The van der Waals surface area contributed by atoms with E-state index in [4.69, 9.17) is 9.47 Å². The molecule has 0 radical (unpaired) electrons. The predicted octanol–water partition coefficient (Wildman–Crippen LogP) is 3.95. The Hall–Kier alpha value is -2.00. The Balaban J connectivity index is 1.62. The van der Waals surface area contributed by atoms with Crippen LogP contribution in [0.25, 0.3) is 0 Å². The van der Waals surface area contributed by atoms with E-state index in [0.717, 1.165) is 36.6 Å². The summed E-state index contributed by atoms with van der Waals surface area (Å²) in [6, 6.07) is 18.1. The number of rotatable bonds is 4. The number of para-hydroxylation sites is 1. The number of hydrogen-bond acceptors (Lipinski definition) is 3. The van der Waals surface area contributed by atoms with Gasteiger partial charge in [-0.15, -0.1) is 0 Å². The van der Waals surface area contributed by atoms with Crippen LogP contribution in [-0.4, -0.2) is 12.9 Å². The molecule has 3 rings (SSSR count). The van der Waals surface area contributed by atoms with E-state index in [1.807, 2.05) is 54.6 Å². The summed E-state index contributed by atoms with van der Waals surface area (Å²) in [4.78, 5) is 0. The highest BCUT2D eigenvalue weighted by atomic mass is 16.7. The van der Waals surface area contributed by atoms with Gasteiger partial charge in [-0.25, -0.2) is 0 Å². The van der Waals surface area contributed by atoms with Crippen molar-refractivity contribution in [3.05, 3.63) is 54.6 Å². The van der Waals surface area contributed by atoms with E-state index >= 15 is 0 Å². The van der Waals surface area contributed by atoms with E-state index in [9.17, 15) is 0 Å². The van der Waals surface area contributed by atoms with E-state index in [0.29, 0.717) is 0 Å². The molecule has 2 aromatic carbocycles. The number of nitrogens with one attached hydrogen (secondary N) is 1. The fraction of sp³-hybridized carbons (Fsp3) is 0.250. The molecule has 1 fully saturated rings. The fourth-order valence-electron chi connectivity index (χ4n) is 2.10. The third-order valence-corrected chi connectivity index (χ3v) is 3.07. The van der Waals surface area contributed by atoms with Gasteiger partial charge in [-0.1, -0.05) is 18.2 Å². The minimum Gasteiger partial charge on any atom is -0.465 e. The molecule has 19 heavy (non-hydrogen) atoms. The van der Waals surface area contributed by atoms with Crippen molar-refractivity contribution in [1.82, 2.24) is 0 Å². The maximum Gasteiger partial charge on any atom is 0.199 e. The van der Waals surface area contributed by atoms with Gasteiger partial charge in [0.05, 0.1) is 6.61 Å². The van der Waals surface area contributed by atoms with Crippen LogP contribution in [0.1, 0.15) is 12.8 Å². The molecule has 0 saturated carbocycles. The molecule has 1 saturated heterocycles. The van der Waals surface area contributed by atoms with Gasteiger partial charge in [-0.05, 0) is 42.8 Å². The summed E-state index contributed by atoms with van der Waals surface area (Å²) < 4.78 is 11.2. The summed E-state index contributed by atoms with van der Waals surface area (Å²) in [5.74, 6) is 0.852. The lowest BCUT2D eigenvalue weighted by atomic mass is 10.2. The zero-order valence-electron chi connectivity index (χ0n) is 10.7. The van der Waals surface area contributed by atoms with Crippen LogP contribution >= 0.6 is 0 Å². The molecule has 98 valence electrons. The van der Waals surface area contributed by atoms with Crippen LogP contribution in [0.5, 0.6) is 5.75 Å². The quantitative estimate of drug-likeness (QED) is 0.897. The minimum absolute atomic E-state index is 0.0760. The molecule has 0 aromatic heterocycles. The minimum atomic E-state index is -0.0760. The third-order valence-electron chi connectivity index (χ3n) is 3.07. The smallest absolute Gasteiger partial charge is 0.199 e. The highest BCUT2D eigenvalue weighted by Gasteiger charge is 2.16. The average molecular weight is 255 g/mol. The van der Waals surface area contributed by atoms with Gasteiger partial charge >= 0.3 is 0 Å². The first-order valence-electron chi connectivity index (χ1n) is 6.60. The van der Waals surface area contributed by atoms with E-state index < -0.39 is 0 Å². The standard InChI is InChI=1S/C16H17NO2/c1-2-5-13(6-3-1)17-14-8-10-15(11-9-14)19-16-7-4-12-18-16/h1-3,5-6,8-11,16-17H,4,7,12H2/t16-/m1/s1. The van der Waals surface area contributed by atoms with Gasteiger partial charge in [0, 0.05) is 17.8 Å². The highest BCUT2D eigenvalue weighted by molar-refractivity contribution is 5.59. The molecular formula is C16H17NO2. The van der Waals surface area contributed by atoms with Gasteiger partial charge in [0.2, 0.25) is 0 Å². The van der Waals surface area contributed by atoms with Crippen molar-refractivity contribution < 1.29 is 9.47 Å². The van der Waals surface area contributed by atoms with Crippen molar-refractivity contribution in [2.24, 2.45) is 0 Å². The van der Waals surface area contributed by atoms with E-state index in [1.165, 1.54) is 0 Å². The molecule has 1 heterocycles. The molecule has 2 aromatic rings. The Morgan fingerprint density at radius 3 is 2.37 bits per heavy atom. The Kier molecular flexibility index (Phi) is 3.65. The number of anilines is 2. The molecule has 3 nitrogen and oxygen atoms in total. The van der Waals surface area contributed by atoms with Gasteiger partial charge in [0.1, 0.15) is 5.75 Å². The van der Waals surface area contributed by atoms with Crippen molar-refractivity contribution in [3.8, 4) is 5.75 Å².